The van der Waals surface area contributed by atoms with E-state index in [1.54, 1.807) is 10.9 Å². The van der Waals surface area contributed by atoms with Crippen molar-refractivity contribution in [1.29, 1.82) is 0 Å². The van der Waals surface area contributed by atoms with Gasteiger partial charge in [0.15, 0.2) is 5.16 Å². The van der Waals surface area contributed by atoms with Crippen molar-refractivity contribution in [3.05, 3.63) is 17.7 Å². The Hall–Kier alpha value is -1.34. The van der Waals surface area contributed by atoms with Crippen LogP contribution in [0.2, 0.25) is 5.28 Å². The van der Waals surface area contributed by atoms with Crippen LogP contribution in [0.1, 0.15) is 6.92 Å². The van der Waals surface area contributed by atoms with Crippen LogP contribution in [0.5, 0.6) is 0 Å². The van der Waals surface area contributed by atoms with Crippen LogP contribution in [-0.2, 0) is 7.05 Å². The van der Waals surface area contributed by atoms with Crippen molar-refractivity contribution in [3.8, 4) is 0 Å². The van der Waals surface area contributed by atoms with Gasteiger partial charge in [-0.2, -0.15) is 20.1 Å². The van der Waals surface area contributed by atoms with E-state index < -0.39 is 0 Å². The van der Waals surface area contributed by atoms with Gasteiger partial charge in [-0.3, -0.25) is 4.68 Å². The second-order valence-corrected chi connectivity index (χ2v) is 4.57. The van der Waals surface area contributed by atoms with Gasteiger partial charge in [0.05, 0.1) is 11.1 Å². The van der Waals surface area contributed by atoms with E-state index in [1.165, 1.54) is 11.8 Å². The van der Waals surface area contributed by atoms with E-state index >= 15 is 0 Å². The molecule has 0 amide bonds. The summed E-state index contributed by atoms with van der Waals surface area (Å²) in [6.07, 6.45) is 3.63. The fourth-order valence-corrected chi connectivity index (χ4v) is 2.16. The molecule has 0 saturated heterocycles. The first kappa shape index (κ1) is 12.1. The zero-order chi connectivity index (χ0) is 12.3. The molecule has 2 aromatic rings. The lowest BCUT2D eigenvalue weighted by molar-refractivity contribution is 0.766. The van der Waals surface area contributed by atoms with Crippen molar-refractivity contribution >= 4 is 29.3 Å². The average Bonchev–Trinajstić information content (AvgIpc) is 2.63. The average molecular weight is 271 g/mol. The quantitative estimate of drug-likeness (QED) is 0.914. The minimum atomic E-state index is 0.183. The minimum Gasteiger partial charge on any atom is -0.354 e. The zero-order valence-electron chi connectivity index (χ0n) is 9.38. The molecule has 0 atom stereocenters. The molecular formula is C9H11ClN6S. The van der Waals surface area contributed by atoms with Gasteiger partial charge in [-0.1, -0.05) is 0 Å². The molecule has 0 fully saturated rings. The third-order valence-corrected chi connectivity index (χ3v) is 2.79. The van der Waals surface area contributed by atoms with Crippen LogP contribution in [0, 0.1) is 0 Å². The van der Waals surface area contributed by atoms with E-state index in [0.717, 1.165) is 11.4 Å². The lowest BCUT2D eigenvalue weighted by Gasteiger charge is -2.03. The highest BCUT2D eigenvalue weighted by Gasteiger charge is 2.07. The van der Waals surface area contributed by atoms with Gasteiger partial charge in [0.2, 0.25) is 11.2 Å². The monoisotopic (exact) mass is 270 g/mol. The van der Waals surface area contributed by atoms with Crippen LogP contribution in [0.3, 0.4) is 0 Å². The largest absolute Gasteiger partial charge is 0.354 e. The number of hydrogen-bond donors (Lipinski definition) is 1. The normalized spacial score (nSPS) is 10.5. The van der Waals surface area contributed by atoms with Crippen molar-refractivity contribution in [2.75, 3.05) is 11.9 Å². The van der Waals surface area contributed by atoms with Crippen LogP contribution < -0.4 is 5.32 Å². The highest BCUT2D eigenvalue weighted by molar-refractivity contribution is 7.99. The van der Waals surface area contributed by atoms with Gasteiger partial charge in [-0.15, -0.1) is 0 Å². The number of anilines is 1. The van der Waals surface area contributed by atoms with E-state index in [0.29, 0.717) is 11.1 Å². The first-order valence-electron chi connectivity index (χ1n) is 4.99. The Balaban J connectivity index is 2.20. The number of aromatic nitrogens is 5. The summed E-state index contributed by atoms with van der Waals surface area (Å²) in [6.45, 7) is 2.70. The smallest absolute Gasteiger partial charge is 0.228 e. The van der Waals surface area contributed by atoms with Crippen molar-refractivity contribution < 1.29 is 0 Å². The maximum Gasteiger partial charge on any atom is 0.228 e. The third kappa shape index (κ3) is 3.31. The Kier molecular flexibility index (Phi) is 3.80. The highest BCUT2D eigenvalue weighted by Crippen LogP contribution is 2.25. The van der Waals surface area contributed by atoms with E-state index in [-0.39, 0.29) is 5.28 Å². The number of nitrogens with zero attached hydrogens (tertiary/aromatic N) is 5. The van der Waals surface area contributed by atoms with Crippen molar-refractivity contribution in [2.24, 2.45) is 7.05 Å². The molecule has 2 heterocycles. The molecule has 0 radical (unpaired) electrons. The molecule has 0 aliphatic carbocycles. The summed E-state index contributed by atoms with van der Waals surface area (Å²) < 4.78 is 1.72. The molecular weight excluding hydrogens is 260 g/mol. The molecule has 0 unspecified atom stereocenters. The van der Waals surface area contributed by atoms with Crippen LogP contribution in [0.4, 0.5) is 5.95 Å². The Bertz CT molecular complexity index is 514. The zero-order valence-corrected chi connectivity index (χ0v) is 11.0. The van der Waals surface area contributed by atoms with Crippen LogP contribution in [0.25, 0.3) is 0 Å². The van der Waals surface area contributed by atoms with Gasteiger partial charge in [0.25, 0.3) is 0 Å². The van der Waals surface area contributed by atoms with Gasteiger partial charge >= 0.3 is 0 Å². The number of nitrogens with one attached hydrogen (secondary N) is 1. The molecule has 1 N–H and O–H groups in total. The topological polar surface area (TPSA) is 68.5 Å². The summed E-state index contributed by atoms with van der Waals surface area (Å²) >= 11 is 7.21. The summed E-state index contributed by atoms with van der Waals surface area (Å²) in [5.74, 6) is 0.485. The fourth-order valence-electron chi connectivity index (χ4n) is 1.17. The van der Waals surface area contributed by atoms with Crippen LogP contribution >= 0.6 is 23.4 Å². The van der Waals surface area contributed by atoms with Crippen molar-refractivity contribution in [1.82, 2.24) is 24.7 Å². The molecule has 0 bridgehead atoms. The Morgan fingerprint density at radius 3 is 2.88 bits per heavy atom. The lowest BCUT2D eigenvalue weighted by atomic mass is 10.7. The van der Waals surface area contributed by atoms with Gasteiger partial charge in [0, 0.05) is 19.8 Å². The Morgan fingerprint density at radius 2 is 2.24 bits per heavy atom. The maximum atomic E-state index is 5.82. The molecule has 2 aromatic heterocycles. The number of hydrogen-bond acceptors (Lipinski definition) is 6. The number of aryl methyl sites for hydroxylation is 1. The predicted molar refractivity (Wildman–Crippen MR) is 66.3 cm³/mol. The Morgan fingerprint density at radius 1 is 1.41 bits per heavy atom. The Labute approximate surface area is 108 Å². The molecule has 0 aliphatic heterocycles. The summed E-state index contributed by atoms with van der Waals surface area (Å²) in [6, 6.07) is 0. The van der Waals surface area contributed by atoms with Crippen LogP contribution in [-0.4, -0.2) is 31.3 Å². The fraction of sp³-hybridized carbons (Fsp3) is 0.333. The SMILES string of the molecule is CCNc1nc(Cl)nc(Sc2cnn(C)c2)n1. The van der Waals surface area contributed by atoms with Gasteiger partial charge in [-0.05, 0) is 30.3 Å². The van der Waals surface area contributed by atoms with E-state index in [1.807, 2.05) is 20.2 Å². The first-order valence-corrected chi connectivity index (χ1v) is 6.18. The third-order valence-electron chi connectivity index (χ3n) is 1.81. The second kappa shape index (κ2) is 5.33. The molecule has 2 rings (SSSR count). The maximum absolute atomic E-state index is 5.82. The van der Waals surface area contributed by atoms with Gasteiger partial charge in [-0.25, -0.2) is 0 Å². The predicted octanol–water partition coefficient (Wildman–Crippen LogP) is 1.84. The molecule has 17 heavy (non-hydrogen) atoms. The van der Waals surface area contributed by atoms with Gasteiger partial charge in [0.1, 0.15) is 0 Å². The lowest BCUT2D eigenvalue weighted by Crippen LogP contribution is -2.04. The molecule has 90 valence electrons. The van der Waals surface area contributed by atoms with Crippen molar-refractivity contribution in [3.63, 3.8) is 0 Å². The first-order chi connectivity index (χ1) is 8.17. The summed E-state index contributed by atoms with van der Waals surface area (Å²) in [5, 5.41) is 7.80. The summed E-state index contributed by atoms with van der Waals surface area (Å²) in [7, 11) is 1.86. The van der Waals surface area contributed by atoms with E-state index in [4.69, 9.17) is 11.6 Å². The molecule has 0 saturated carbocycles. The molecule has 0 spiro atoms. The summed E-state index contributed by atoms with van der Waals surface area (Å²) in [4.78, 5) is 13.2. The molecule has 6 nitrogen and oxygen atoms in total. The molecule has 0 aromatic carbocycles. The molecule has 0 aliphatic rings. The van der Waals surface area contributed by atoms with E-state index in [9.17, 15) is 0 Å². The number of halogens is 1. The van der Waals surface area contributed by atoms with Crippen LogP contribution in [0.15, 0.2) is 22.4 Å². The standard InChI is InChI=1S/C9H11ClN6S/c1-3-11-8-13-7(10)14-9(15-8)17-6-4-12-16(2)5-6/h4-5H,3H2,1-2H3,(H,11,13,14,15). The highest BCUT2D eigenvalue weighted by atomic mass is 35.5. The molecule has 8 heteroatoms. The van der Waals surface area contributed by atoms with E-state index in [2.05, 4.69) is 25.4 Å². The van der Waals surface area contributed by atoms with Gasteiger partial charge < -0.3 is 5.32 Å². The number of rotatable bonds is 4. The minimum absolute atomic E-state index is 0.183. The summed E-state index contributed by atoms with van der Waals surface area (Å²) in [5.41, 5.74) is 0. The second-order valence-electron chi connectivity index (χ2n) is 3.19. The van der Waals surface area contributed by atoms with Crippen molar-refractivity contribution in [2.45, 2.75) is 17.0 Å².